The van der Waals surface area contributed by atoms with E-state index >= 15 is 0 Å². The molecule has 0 bridgehead atoms. The summed E-state index contributed by atoms with van der Waals surface area (Å²) < 4.78 is 0. The summed E-state index contributed by atoms with van der Waals surface area (Å²) in [5, 5.41) is 5.39. The standard InChI is InChI=1S/C25H29ClN4O2/c1-17(2)18-7-9-19(10-8-18)22-15-23-25(32)29(13-14-30(23)28-22)12-11-24(31)27-16-20-5-3-4-6-21(20)26/h3-10,13-14,17,22-23,28H,11-12,15-16H2,1-2H3,(H,27,31). The minimum absolute atomic E-state index is 0.0141. The highest BCUT2D eigenvalue weighted by molar-refractivity contribution is 6.31. The lowest BCUT2D eigenvalue weighted by molar-refractivity contribution is -0.134. The molecule has 4 rings (SSSR count). The number of hydrazine groups is 1. The van der Waals surface area contributed by atoms with Gasteiger partial charge in [0.15, 0.2) is 0 Å². The molecule has 7 heteroatoms. The molecule has 2 aromatic rings. The molecule has 0 radical (unpaired) electrons. The second kappa shape index (κ2) is 9.76. The number of nitrogens with zero attached hydrogens (tertiary/aromatic N) is 2. The molecule has 0 aromatic heterocycles. The van der Waals surface area contributed by atoms with Gasteiger partial charge in [0.2, 0.25) is 5.91 Å². The molecule has 2 aliphatic heterocycles. The van der Waals surface area contributed by atoms with Crippen LogP contribution >= 0.6 is 11.6 Å². The summed E-state index contributed by atoms with van der Waals surface area (Å²) >= 11 is 6.13. The predicted molar refractivity (Wildman–Crippen MR) is 125 cm³/mol. The molecule has 1 fully saturated rings. The number of hydrogen-bond acceptors (Lipinski definition) is 4. The maximum atomic E-state index is 13.0. The maximum Gasteiger partial charge on any atom is 0.250 e. The number of nitrogens with one attached hydrogen (secondary N) is 2. The van der Waals surface area contributed by atoms with Crippen LogP contribution in [-0.2, 0) is 16.1 Å². The number of benzene rings is 2. The average molecular weight is 453 g/mol. The Morgan fingerprint density at radius 2 is 1.91 bits per heavy atom. The van der Waals surface area contributed by atoms with Gasteiger partial charge in [-0.3, -0.25) is 9.59 Å². The number of carbonyl (C=O) groups excluding carboxylic acids is 2. The van der Waals surface area contributed by atoms with Gasteiger partial charge < -0.3 is 15.2 Å². The lowest BCUT2D eigenvalue weighted by Crippen LogP contribution is -2.48. The molecule has 2 amide bonds. The van der Waals surface area contributed by atoms with Crippen LogP contribution in [0.25, 0.3) is 0 Å². The van der Waals surface area contributed by atoms with Gasteiger partial charge in [-0.15, -0.1) is 0 Å². The number of amides is 2. The molecule has 2 atom stereocenters. The number of fused-ring (bicyclic) bond motifs is 1. The van der Waals surface area contributed by atoms with Crippen LogP contribution in [0.2, 0.25) is 5.02 Å². The van der Waals surface area contributed by atoms with Gasteiger partial charge in [-0.1, -0.05) is 67.9 Å². The van der Waals surface area contributed by atoms with Crippen molar-refractivity contribution in [2.45, 2.75) is 51.2 Å². The van der Waals surface area contributed by atoms with Crippen LogP contribution in [0.15, 0.2) is 60.9 Å². The third kappa shape index (κ3) is 4.97. The summed E-state index contributed by atoms with van der Waals surface area (Å²) in [6.07, 6.45) is 4.56. The highest BCUT2D eigenvalue weighted by Gasteiger charge is 2.39. The van der Waals surface area contributed by atoms with E-state index in [-0.39, 0.29) is 30.3 Å². The first kappa shape index (κ1) is 22.4. The van der Waals surface area contributed by atoms with Gasteiger partial charge in [-0.05, 0) is 35.1 Å². The Kier molecular flexibility index (Phi) is 6.82. The molecule has 32 heavy (non-hydrogen) atoms. The van der Waals surface area contributed by atoms with E-state index < -0.39 is 0 Å². The number of hydrogen-bond donors (Lipinski definition) is 2. The van der Waals surface area contributed by atoms with Crippen LogP contribution in [0.5, 0.6) is 0 Å². The van der Waals surface area contributed by atoms with Crippen LogP contribution in [-0.4, -0.2) is 34.3 Å². The van der Waals surface area contributed by atoms with Crippen LogP contribution in [0.3, 0.4) is 0 Å². The van der Waals surface area contributed by atoms with Crippen molar-refractivity contribution in [3.63, 3.8) is 0 Å². The Hall–Kier alpha value is -2.83. The largest absolute Gasteiger partial charge is 0.352 e. The summed E-state index contributed by atoms with van der Waals surface area (Å²) in [4.78, 5) is 26.9. The normalized spacial score (nSPS) is 20.1. The second-order valence-corrected chi connectivity index (χ2v) is 9.02. The fourth-order valence-electron chi connectivity index (χ4n) is 4.10. The highest BCUT2D eigenvalue weighted by Crippen LogP contribution is 2.31. The zero-order valence-corrected chi connectivity index (χ0v) is 19.2. The van der Waals surface area contributed by atoms with Crippen molar-refractivity contribution in [3.8, 4) is 0 Å². The Labute approximate surface area is 194 Å². The minimum atomic E-state index is -0.263. The van der Waals surface area contributed by atoms with Crippen LogP contribution in [0.1, 0.15) is 55.3 Å². The average Bonchev–Trinajstić information content (AvgIpc) is 3.23. The van der Waals surface area contributed by atoms with Gasteiger partial charge in [0, 0.05) is 36.9 Å². The molecule has 168 valence electrons. The zero-order valence-electron chi connectivity index (χ0n) is 18.4. The molecule has 0 saturated carbocycles. The molecule has 1 saturated heterocycles. The fourth-order valence-corrected chi connectivity index (χ4v) is 4.30. The van der Waals surface area contributed by atoms with E-state index in [0.717, 1.165) is 5.56 Å². The van der Waals surface area contributed by atoms with E-state index in [2.05, 4.69) is 48.9 Å². The van der Waals surface area contributed by atoms with Crippen molar-refractivity contribution in [3.05, 3.63) is 82.6 Å². The molecule has 6 nitrogen and oxygen atoms in total. The molecule has 2 aliphatic rings. The first-order valence-electron chi connectivity index (χ1n) is 11.1. The highest BCUT2D eigenvalue weighted by atomic mass is 35.5. The van der Waals surface area contributed by atoms with Crippen molar-refractivity contribution in [1.82, 2.24) is 20.7 Å². The van der Waals surface area contributed by atoms with Crippen molar-refractivity contribution < 1.29 is 9.59 Å². The van der Waals surface area contributed by atoms with Gasteiger partial charge in [0.05, 0.1) is 6.04 Å². The van der Waals surface area contributed by atoms with Gasteiger partial charge in [0.25, 0.3) is 5.91 Å². The molecule has 0 aliphatic carbocycles. The van der Waals surface area contributed by atoms with Crippen LogP contribution in [0.4, 0.5) is 0 Å². The molecule has 2 unspecified atom stereocenters. The van der Waals surface area contributed by atoms with Crippen LogP contribution in [0, 0.1) is 0 Å². The summed E-state index contributed by atoms with van der Waals surface area (Å²) in [7, 11) is 0. The van der Waals surface area contributed by atoms with Gasteiger partial charge >= 0.3 is 0 Å². The van der Waals surface area contributed by atoms with Gasteiger partial charge in [0.1, 0.15) is 6.04 Å². The topological polar surface area (TPSA) is 64.7 Å². The SMILES string of the molecule is CC(C)c1ccc(C2CC3C(=O)N(CCC(=O)NCc4ccccc4Cl)C=CN3N2)cc1. The second-order valence-electron chi connectivity index (χ2n) is 8.61. The smallest absolute Gasteiger partial charge is 0.250 e. The summed E-state index contributed by atoms with van der Waals surface area (Å²) in [5.74, 6) is 0.397. The predicted octanol–water partition coefficient (Wildman–Crippen LogP) is 4.10. The van der Waals surface area contributed by atoms with E-state index in [0.29, 0.717) is 30.5 Å². The van der Waals surface area contributed by atoms with E-state index in [9.17, 15) is 9.59 Å². The monoisotopic (exact) mass is 452 g/mol. The molecule has 2 heterocycles. The number of rotatable bonds is 7. The number of halogens is 1. The van der Waals surface area contributed by atoms with Crippen molar-refractivity contribution in [2.75, 3.05) is 6.54 Å². The van der Waals surface area contributed by atoms with Crippen molar-refractivity contribution >= 4 is 23.4 Å². The Morgan fingerprint density at radius 1 is 1.16 bits per heavy atom. The van der Waals surface area contributed by atoms with E-state index in [1.807, 2.05) is 29.4 Å². The third-order valence-electron chi connectivity index (χ3n) is 6.09. The Morgan fingerprint density at radius 3 is 2.62 bits per heavy atom. The van der Waals surface area contributed by atoms with Crippen molar-refractivity contribution in [1.29, 1.82) is 0 Å². The minimum Gasteiger partial charge on any atom is -0.352 e. The lowest BCUT2D eigenvalue weighted by atomic mass is 9.97. The van der Waals surface area contributed by atoms with E-state index in [1.54, 1.807) is 17.2 Å². The first-order chi connectivity index (χ1) is 15.4. The molecule has 2 N–H and O–H groups in total. The molecular weight excluding hydrogens is 424 g/mol. The summed E-state index contributed by atoms with van der Waals surface area (Å²) in [6, 6.07) is 15.8. The van der Waals surface area contributed by atoms with Crippen molar-refractivity contribution in [2.24, 2.45) is 0 Å². The van der Waals surface area contributed by atoms with E-state index in [4.69, 9.17) is 11.6 Å². The Bertz CT molecular complexity index is 1010. The third-order valence-corrected chi connectivity index (χ3v) is 6.46. The summed E-state index contributed by atoms with van der Waals surface area (Å²) in [5.41, 5.74) is 6.78. The lowest BCUT2D eigenvalue weighted by Gasteiger charge is -2.31. The first-order valence-corrected chi connectivity index (χ1v) is 11.4. The molecule has 2 aromatic carbocycles. The molecule has 0 spiro atoms. The zero-order chi connectivity index (χ0) is 22.7. The maximum absolute atomic E-state index is 13.0. The Balaban J connectivity index is 1.29. The number of carbonyl (C=O) groups is 2. The summed E-state index contributed by atoms with van der Waals surface area (Å²) in [6.45, 7) is 5.08. The fraction of sp³-hybridized carbons (Fsp3) is 0.360. The molecular formula is C25H29ClN4O2. The van der Waals surface area contributed by atoms with Gasteiger partial charge in [-0.2, -0.15) is 0 Å². The van der Waals surface area contributed by atoms with E-state index in [1.165, 1.54) is 11.1 Å². The van der Waals surface area contributed by atoms with Crippen LogP contribution < -0.4 is 10.7 Å². The van der Waals surface area contributed by atoms with Gasteiger partial charge in [-0.25, -0.2) is 5.43 Å². The quantitative estimate of drug-likeness (QED) is 0.663.